The molecule has 0 heterocycles. The largest absolute Gasteiger partial charge is 0.310 e. The van der Waals surface area contributed by atoms with Gasteiger partial charge in [0.2, 0.25) is 0 Å². The molecule has 0 aliphatic rings. The van der Waals surface area contributed by atoms with E-state index in [9.17, 15) is 0 Å². The first-order valence-corrected chi connectivity index (χ1v) is 8.42. The van der Waals surface area contributed by atoms with Crippen LogP contribution >= 0.6 is 27.5 Å². The Kier molecular flexibility index (Phi) is 5.86. The van der Waals surface area contributed by atoms with E-state index >= 15 is 0 Å². The van der Waals surface area contributed by atoms with Crippen LogP contribution in [0.5, 0.6) is 0 Å². The molecule has 0 saturated heterocycles. The van der Waals surface area contributed by atoms with Crippen molar-refractivity contribution < 1.29 is 0 Å². The van der Waals surface area contributed by atoms with Crippen molar-refractivity contribution in [1.82, 2.24) is 5.32 Å². The highest BCUT2D eigenvalue weighted by Gasteiger charge is 2.13. The Balaban J connectivity index is 2.27. The molecule has 2 aromatic rings. The van der Waals surface area contributed by atoms with Crippen LogP contribution < -0.4 is 5.32 Å². The minimum atomic E-state index is 0.279. The average molecular weight is 367 g/mol. The number of likely N-dealkylation sites (N-methyl/N-ethyl adjacent to an activating group) is 1. The van der Waals surface area contributed by atoms with Crippen molar-refractivity contribution in [2.75, 3.05) is 6.54 Å². The Morgan fingerprint density at radius 3 is 2.33 bits per heavy atom. The average Bonchev–Trinajstić information content (AvgIpc) is 2.40. The fourth-order valence-electron chi connectivity index (χ4n) is 2.71. The molecule has 2 aromatic carbocycles. The maximum absolute atomic E-state index is 6.24. The topological polar surface area (TPSA) is 12.0 Å². The van der Waals surface area contributed by atoms with E-state index in [1.165, 1.54) is 22.3 Å². The number of aryl methyl sites for hydroxylation is 2. The van der Waals surface area contributed by atoms with Crippen LogP contribution in [0.15, 0.2) is 40.9 Å². The van der Waals surface area contributed by atoms with E-state index in [2.05, 4.69) is 66.3 Å². The molecule has 1 N–H and O–H groups in total. The molecular weight excluding hydrogens is 346 g/mol. The lowest BCUT2D eigenvalue weighted by atomic mass is 9.96. The van der Waals surface area contributed by atoms with Gasteiger partial charge in [0.15, 0.2) is 0 Å². The molecule has 112 valence electrons. The Bertz CT molecular complexity index is 604. The van der Waals surface area contributed by atoms with E-state index in [1.807, 2.05) is 12.1 Å². The molecular formula is C18H21BrClN. The molecule has 0 radical (unpaired) electrons. The summed E-state index contributed by atoms with van der Waals surface area (Å²) in [5, 5.41) is 4.32. The Hall–Kier alpha value is -0.830. The van der Waals surface area contributed by atoms with E-state index in [4.69, 9.17) is 11.6 Å². The number of nitrogens with one attached hydrogen (secondary N) is 1. The lowest BCUT2D eigenvalue weighted by molar-refractivity contribution is 0.549. The maximum Gasteiger partial charge on any atom is 0.0551 e. The van der Waals surface area contributed by atoms with Gasteiger partial charge in [0, 0.05) is 10.5 Å². The van der Waals surface area contributed by atoms with Crippen LogP contribution in [0, 0.1) is 13.8 Å². The van der Waals surface area contributed by atoms with Crippen molar-refractivity contribution in [2.24, 2.45) is 0 Å². The van der Waals surface area contributed by atoms with Gasteiger partial charge in [0.25, 0.3) is 0 Å². The normalized spacial score (nSPS) is 12.4. The van der Waals surface area contributed by atoms with Gasteiger partial charge >= 0.3 is 0 Å². The second-order valence-corrected chi connectivity index (χ2v) is 6.75. The minimum absolute atomic E-state index is 0.279. The first-order chi connectivity index (χ1) is 9.99. The van der Waals surface area contributed by atoms with Gasteiger partial charge < -0.3 is 5.32 Å². The molecule has 3 heteroatoms. The molecule has 0 spiro atoms. The minimum Gasteiger partial charge on any atom is -0.310 e. The highest BCUT2D eigenvalue weighted by Crippen LogP contribution is 2.28. The summed E-state index contributed by atoms with van der Waals surface area (Å²) >= 11 is 9.69. The Morgan fingerprint density at radius 1 is 1.10 bits per heavy atom. The highest BCUT2D eigenvalue weighted by molar-refractivity contribution is 9.10. The summed E-state index contributed by atoms with van der Waals surface area (Å²) < 4.78 is 0.939. The number of hydrogen-bond donors (Lipinski definition) is 1. The SMILES string of the molecule is CCNC(Cc1cc(C)cc(C)c1)c1ccc(Br)c(Cl)c1. The van der Waals surface area contributed by atoms with Gasteiger partial charge in [0.1, 0.15) is 0 Å². The van der Waals surface area contributed by atoms with Gasteiger partial charge in [-0.1, -0.05) is 53.9 Å². The number of hydrogen-bond acceptors (Lipinski definition) is 1. The third kappa shape index (κ3) is 4.57. The first-order valence-electron chi connectivity index (χ1n) is 7.25. The lowest BCUT2D eigenvalue weighted by Crippen LogP contribution is -2.23. The summed E-state index contributed by atoms with van der Waals surface area (Å²) in [6, 6.07) is 13.2. The van der Waals surface area contributed by atoms with Crippen molar-refractivity contribution in [3.05, 3.63) is 68.1 Å². The predicted molar refractivity (Wildman–Crippen MR) is 95.2 cm³/mol. The number of rotatable bonds is 5. The summed E-state index contributed by atoms with van der Waals surface area (Å²) in [6.45, 7) is 7.36. The molecule has 0 fully saturated rings. The molecule has 0 saturated carbocycles. The molecule has 2 rings (SSSR count). The quantitative estimate of drug-likeness (QED) is 0.725. The van der Waals surface area contributed by atoms with Gasteiger partial charge in [-0.25, -0.2) is 0 Å². The number of halogens is 2. The van der Waals surface area contributed by atoms with Crippen LogP contribution in [0.1, 0.15) is 35.2 Å². The molecule has 1 unspecified atom stereocenters. The molecule has 0 aromatic heterocycles. The van der Waals surface area contributed by atoms with Crippen LogP contribution in [-0.2, 0) is 6.42 Å². The molecule has 21 heavy (non-hydrogen) atoms. The van der Waals surface area contributed by atoms with E-state index in [0.717, 1.165) is 22.5 Å². The van der Waals surface area contributed by atoms with Crippen molar-refractivity contribution in [3.63, 3.8) is 0 Å². The first kappa shape index (κ1) is 16.5. The van der Waals surface area contributed by atoms with Gasteiger partial charge in [-0.3, -0.25) is 0 Å². The van der Waals surface area contributed by atoms with Crippen LogP contribution in [-0.4, -0.2) is 6.54 Å². The van der Waals surface area contributed by atoms with Gasteiger partial charge in [-0.15, -0.1) is 0 Å². The second-order valence-electron chi connectivity index (χ2n) is 5.48. The zero-order chi connectivity index (χ0) is 15.4. The highest BCUT2D eigenvalue weighted by atomic mass is 79.9. The van der Waals surface area contributed by atoms with E-state index in [1.54, 1.807) is 0 Å². The van der Waals surface area contributed by atoms with Crippen LogP contribution in [0.2, 0.25) is 5.02 Å². The second kappa shape index (κ2) is 7.44. The van der Waals surface area contributed by atoms with E-state index < -0.39 is 0 Å². The summed E-state index contributed by atoms with van der Waals surface area (Å²) in [5.41, 5.74) is 5.21. The molecule has 0 aliphatic heterocycles. The van der Waals surface area contributed by atoms with Crippen molar-refractivity contribution in [3.8, 4) is 0 Å². The summed E-state index contributed by atoms with van der Waals surface area (Å²) in [6.07, 6.45) is 0.967. The maximum atomic E-state index is 6.24. The Labute approximate surface area is 140 Å². The summed E-state index contributed by atoms with van der Waals surface area (Å²) in [5.74, 6) is 0. The lowest BCUT2D eigenvalue weighted by Gasteiger charge is -2.20. The predicted octanol–water partition coefficient (Wildman–Crippen LogP) is 5.61. The van der Waals surface area contributed by atoms with Crippen molar-refractivity contribution in [1.29, 1.82) is 0 Å². The zero-order valence-electron chi connectivity index (χ0n) is 12.7. The summed E-state index contributed by atoms with van der Waals surface area (Å²) in [7, 11) is 0. The molecule has 0 amide bonds. The summed E-state index contributed by atoms with van der Waals surface area (Å²) in [4.78, 5) is 0. The van der Waals surface area contributed by atoms with Gasteiger partial charge in [-0.05, 0) is 66.0 Å². The van der Waals surface area contributed by atoms with E-state index in [-0.39, 0.29) is 6.04 Å². The van der Waals surface area contributed by atoms with Crippen molar-refractivity contribution in [2.45, 2.75) is 33.2 Å². The van der Waals surface area contributed by atoms with Gasteiger partial charge in [0.05, 0.1) is 5.02 Å². The van der Waals surface area contributed by atoms with Crippen molar-refractivity contribution >= 4 is 27.5 Å². The zero-order valence-corrected chi connectivity index (χ0v) is 15.1. The van der Waals surface area contributed by atoms with Crippen LogP contribution in [0.3, 0.4) is 0 Å². The Morgan fingerprint density at radius 2 is 1.76 bits per heavy atom. The standard InChI is InChI=1S/C18H21BrClN/c1-4-21-18(15-5-6-16(19)17(20)11-15)10-14-8-12(2)7-13(3)9-14/h5-9,11,18,21H,4,10H2,1-3H3. The van der Waals surface area contributed by atoms with E-state index in [0.29, 0.717) is 0 Å². The molecule has 0 bridgehead atoms. The third-order valence-corrected chi connectivity index (χ3v) is 4.75. The van der Waals surface area contributed by atoms with Gasteiger partial charge in [-0.2, -0.15) is 0 Å². The molecule has 0 aliphatic carbocycles. The molecule has 1 nitrogen and oxygen atoms in total. The fraction of sp³-hybridized carbons (Fsp3) is 0.333. The smallest absolute Gasteiger partial charge is 0.0551 e. The van der Waals surface area contributed by atoms with Crippen LogP contribution in [0.4, 0.5) is 0 Å². The fourth-order valence-corrected chi connectivity index (χ4v) is 3.14. The third-order valence-electron chi connectivity index (χ3n) is 3.52. The molecule has 1 atom stereocenters. The van der Waals surface area contributed by atoms with Crippen LogP contribution in [0.25, 0.3) is 0 Å². The monoisotopic (exact) mass is 365 g/mol. The number of benzene rings is 2.